The van der Waals surface area contributed by atoms with Crippen molar-refractivity contribution in [2.75, 3.05) is 6.54 Å². The van der Waals surface area contributed by atoms with E-state index in [-0.39, 0.29) is 0 Å². The first-order chi connectivity index (χ1) is 12.6. The molecule has 0 aromatic heterocycles. The summed E-state index contributed by atoms with van der Waals surface area (Å²) in [4.78, 5) is 14.3. The number of hydrogen-bond acceptors (Lipinski definition) is 3. The van der Waals surface area contributed by atoms with Crippen LogP contribution in [0, 0.1) is 5.41 Å². The predicted octanol–water partition coefficient (Wildman–Crippen LogP) is 3.10. The molecule has 2 N–H and O–H groups in total. The molecule has 0 saturated heterocycles. The predicted molar refractivity (Wildman–Crippen MR) is 105 cm³/mol. The summed E-state index contributed by atoms with van der Waals surface area (Å²) < 4.78 is 0. The van der Waals surface area contributed by atoms with Crippen LogP contribution in [-0.4, -0.2) is 36.4 Å². The van der Waals surface area contributed by atoms with E-state index in [9.17, 15) is 4.79 Å². The highest BCUT2D eigenvalue weighted by Crippen LogP contribution is 2.53. The van der Waals surface area contributed by atoms with Crippen molar-refractivity contribution in [2.45, 2.75) is 77.8 Å². The molecule has 2 radical (unpaired) electrons. The van der Waals surface area contributed by atoms with Crippen molar-refractivity contribution in [3.63, 3.8) is 0 Å². The van der Waals surface area contributed by atoms with Crippen LogP contribution >= 0.6 is 0 Å². The Labute approximate surface area is 158 Å². The average molecular weight is 354 g/mol. The Morgan fingerprint density at radius 3 is 2.58 bits per heavy atom. The van der Waals surface area contributed by atoms with Gasteiger partial charge in [-0.1, -0.05) is 44.6 Å². The van der Waals surface area contributed by atoms with E-state index in [1.54, 1.807) is 11.5 Å². The molecular formula is C21H31BN2O2. The number of amides is 1. The quantitative estimate of drug-likeness (QED) is 0.488. The van der Waals surface area contributed by atoms with Crippen LogP contribution in [0.4, 0.5) is 0 Å². The van der Waals surface area contributed by atoms with E-state index in [1.165, 1.54) is 50.5 Å². The van der Waals surface area contributed by atoms with Crippen LogP contribution in [0.25, 0.3) is 0 Å². The van der Waals surface area contributed by atoms with Crippen LogP contribution in [0.2, 0.25) is 0 Å². The van der Waals surface area contributed by atoms with Crippen LogP contribution < -0.4 is 10.9 Å². The van der Waals surface area contributed by atoms with Crippen molar-refractivity contribution >= 4 is 19.2 Å². The van der Waals surface area contributed by atoms with Crippen LogP contribution in [0.5, 0.6) is 0 Å². The van der Waals surface area contributed by atoms with E-state index in [2.05, 4.69) is 4.90 Å². The summed E-state index contributed by atoms with van der Waals surface area (Å²) >= 11 is 0. The van der Waals surface area contributed by atoms with Crippen molar-refractivity contribution in [1.29, 1.82) is 0 Å². The van der Waals surface area contributed by atoms with Gasteiger partial charge in [-0.3, -0.25) is 14.9 Å². The molecule has 1 aromatic rings. The molecule has 0 atom stereocenters. The molecule has 2 saturated carbocycles. The van der Waals surface area contributed by atoms with Gasteiger partial charge in [0.25, 0.3) is 5.91 Å². The molecule has 1 aromatic carbocycles. The summed E-state index contributed by atoms with van der Waals surface area (Å²) in [6.07, 6.45) is 10.7. The first-order valence-corrected chi connectivity index (χ1v) is 10.2. The highest BCUT2D eigenvalue weighted by Gasteiger charge is 2.46. The fourth-order valence-corrected chi connectivity index (χ4v) is 5.18. The Kier molecular flexibility index (Phi) is 6.08. The third-order valence-corrected chi connectivity index (χ3v) is 6.59. The minimum Gasteiger partial charge on any atom is -0.296 e. The maximum absolute atomic E-state index is 11.7. The highest BCUT2D eigenvalue weighted by molar-refractivity contribution is 6.37. The number of hydroxylamine groups is 1. The lowest BCUT2D eigenvalue weighted by molar-refractivity contribution is -0.0307. The molecule has 4 rings (SSSR count). The van der Waals surface area contributed by atoms with Gasteiger partial charge in [-0.15, -0.1) is 0 Å². The van der Waals surface area contributed by atoms with Crippen molar-refractivity contribution in [3.05, 3.63) is 28.8 Å². The van der Waals surface area contributed by atoms with E-state index in [4.69, 9.17) is 13.1 Å². The molecule has 140 valence electrons. The normalized spacial score (nSPS) is 22.0. The molecule has 1 amide bonds. The lowest BCUT2D eigenvalue weighted by atomic mass is 9.58. The van der Waals surface area contributed by atoms with Crippen molar-refractivity contribution < 1.29 is 10.0 Å². The molecule has 26 heavy (non-hydrogen) atoms. The van der Waals surface area contributed by atoms with Crippen LogP contribution in [0.3, 0.4) is 0 Å². The largest absolute Gasteiger partial charge is 0.296 e. The van der Waals surface area contributed by atoms with Gasteiger partial charge in [0.2, 0.25) is 0 Å². The van der Waals surface area contributed by atoms with Gasteiger partial charge in [0.1, 0.15) is 7.85 Å². The fourth-order valence-electron chi connectivity index (χ4n) is 5.18. The van der Waals surface area contributed by atoms with Gasteiger partial charge in [-0.2, -0.15) is 0 Å². The monoisotopic (exact) mass is 354 g/mol. The summed E-state index contributed by atoms with van der Waals surface area (Å²) in [5, 5.41) is 8.83. The van der Waals surface area contributed by atoms with Crippen molar-refractivity contribution in [3.8, 4) is 0 Å². The van der Waals surface area contributed by atoms with E-state index >= 15 is 0 Å². The smallest absolute Gasteiger partial charge is 0.274 e. The standard InChI is InChI=1S/C19H25BN2O2.C2H6/c20-17-15-6-9-22(12-13(15)4-5-16(17)18(23)21-24)14-10-19(11-14)7-2-1-3-8-19;1-2/h4-5,14,24H,1-3,6-12H2,(H,21,23);1-2H3. The summed E-state index contributed by atoms with van der Waals surface area (Å²) in [5.74, 6) is -0.532. The molecule has 4 nitrogen and oxygen atoms in total. The van der Waals surface area contributed by atoms with Gasteiger partial charge >= 0.3 is 0 Å². The zero-order valence-electron chi connectivity index (χ0n) is 16.2. The van der Waals surface area contributed by atoms with Crippen molar-refractivity contribution in [2.24, 2.45) is 5.41 Å². The molecule has 2 fully saturated rings. The summed E-state index contributed by atoms with van der Waals surface area (Å²) in [7, 11) is 6.17. The second-order valence-electron chi connectivity index (χ2n) is 7.95. The van der Waals surface area contributed by atoms with Gasteiger partial charge in [0, 0.05) is 24.7 Å². The molecular weight excluding hydrogens is 323 g/mol. The molecule has 0 unspecified atom stereocenters. The Balaban J connectivity index is 0.000000948. The molecule has 1 heterocycles. The molecule has 0 bridgehead atoms. The van der Waals surface area contributed by atoms with Gasteiger partial charge in [-0.05, 0) is 54.7 Å². The maximum Gasteiger partial charge on any atom is 0.274 e. The Bertz CT molecular complexity index is 648. The second kappa shape index (κ2) is 8.14. The first kappa shape index (κ1) is 19.4. The van der Waals surface area contributed by atoms with E-state index in [0.717, 1.165) is 31.1 Å². The Morgan fingerprint density at radius 2 is 1.92 bits per heavy atom. The number of hydrogen-bond donors (Lipinski definition) is 2. The Morgan fingerprint density at radius 1 is 1.23 bits per heavy atom. The van der Waals surface area contributed by atoms with Gasteiger partial charge < -0.3 is 0 Å². The Hall–Kier alpha value is -1.33. The molecule has 1 aliphatic heterocycles. The van der Waals surface area contributed by atoms with Gasteiger partial charge in [0.05, 0.1) is 0 Å². The van der Waals surface area contributed by atoms with E-state index in [0.29, 0.717) is 16.4 Å². The number of carbonyl (C=O) groups excluding carboxylic acids is 1. The van der Waals surface area contributed by atoms with Gasteiger partial charge in [0.15, 0.2) is 0 Å². The second-order valence-corrected chi connectivity index (χ2v) is 7.95. The molecule has 5 heteroatoms. The SMILES string of the molecule is CC.[B]c1c(C(=O)NO)ccc2c1CCN(C1CC3(CCCCC3)C1)C2. The first-order valence-electron chi connectivity index (χ1n) is 10.2. The number of benzene rings is 1. The summed E-state index contributed by atoms with van der Waals surface area (Å²) in [6, 6.07) is 4.45. The molecule has 2 aliphatic carbocycles. The number of carbonyl (C=O) groups is 1. The summed E-state index contributed by atoms with van der Waals surface area (Å²) in [5.41, 5.74) is 5.55. The van der Waals surface area contributed by atoms with E-state index < -0.39 is 5.91 Å². The number of rotatable bonds is 2. The molecule has 3 aliphatic rings. The van der Waals surface area contributed by atoms with Crippen LogP contribution in [0.1, 0.15) is 80.3 Å². The molecule has 1 spiro atoms. The highest BCUT2D eigenvalue weighted by atomic mass is 16.5. The zero-order chi connectivity index (χ0) is 18.7. The third kappa shape index (κ3) is 3.56. The topological polar surface area (TPSA) is 52.6 Å². The van der Waals surface area contributed by atoms with E-state index in [1.807, 2.05) is 19.9 Å². The minimum absolute atomic E-state index is 0.370. The summed E-state index contributed by atoms with van der Waals surface area (Å²) in [6.45, 7) is 5.95. The number of nitrogens with zero attached hydrogens (tertiary/aromatic N) is 1. The zero-order valence-corrected chi connectivity index (χ0v) is 16.2. The van der Waals surface area contributed by atoms with Crippen molar-refractivity contribution in [1.82, 2.24) is 10.4 Å². The van der Waals surface area contributed by atoms with Gasteiger partial charge in [-0.25, -0.2) is 5.48 Å². The number of fused-ring (bicyclic) bond motifs is 1. The third-order valence-electron chi connectivity index (χ3n) is 6.59. The van der Waals surface area contributed by atoms with Crippen LogP contribution in [-0.2, 0) is 13.0 Å². The fraction of sp³-hybridized carbons (Fsp3) is 0.667. The lowest BCUT2D eigenvalue weighted by Gasteiger charge is -2.54. The lowest BCUT2D eigenvalue weighted by Crippen LogP contribution is -2.53. The number of nitrogens with one attached hydrogen (secondary N) is 1. The van der Waals surface area contributed by atoms with Crippen LogP contribution in [0.15, 0.2) is 12.1 Å². The minimum atomic E-state index is -0.532. The maximum atomic E-state index is 11.7. The average Bonchev–Trinajstić information content (AvgIpc) is 2.67.